The van der Waals surface area contributed by atoms with Gasteiger partial charge in [0.15, 0.2) is 0 Å². The standard InChI is InChI=1S/C12H11F3N2S/c1-7-11(17-10(6-16)18-7)8-2-4-9(5-3-8)12(13,14)15/h2-5H,6,16H2,1H3. The van der Waals surface area contributed by atoms with Crippen LogP contribution in [0.5, 0.6) is 0 Å². The van der Waals surface area contributed by atoms with Crippen molar-refractivity contribution < 1.29 is 13.2 Å². The number of nitrogens with two attached hydrogens (primary N) is 1. The molecule has 1 aromatic carbocycles. The highest BCUT2D eigenvalue weighted by Gasteiger charge is 2.30. The van der Waals surface area contributed by atoms with E-state index in [9.17, 15) is 13.2 Å². The van der Waals surface area contributed by atoms with Crippen molar-refractivity contribution in [2.45, 2.75) is 19.6 Å². The van der Waals surface area contributed by atoms with Gasteiger partial charge in [0.05, 0.1) is 11.3 Å². The Balaban J connectivity index is 2.37. The van der Waals surface area contributed by atoms with Gasteiger partial charge in [-0.05, 0) is 19.1 Å². The number of hydrogen-bond donors (Lipinski definition) is 1. The number of halogens is 3. The molecule has 2 nitrogen and oxygen atoms in total. The Morgan fingerprint density at radius 2 is 1.83 bits per heavy atom. The lowest BCUT2D eigenvalue weighted by atomic mass is 10.1. The topological polar surface area (TPSA) is 38.9 Å². The van der Waals surface area contributed by atoms with E-state index in [0.717, 1.165) is 22.0 Å². The van der Waals surface area contributed by atoms with Crippen LogP contribution >= 0.6 is 11.3 Å². The summed E-state index contributed by atoms with van der Waals surface area (Å²) in [6.07, 6.45) is -4.31. The highest BCUT2D eigenvalue weighted by atomic mass is 32.1. The molecule has 0 amide bonds. The number of aromatic nitrogens is 1. The van der Waals surface area contributed by atoms with Crippen molar-refractivity contribution in [2.24, 2.45) is 5.73 Å². The molecule has 18 heavy (non-hydrogen) atoms. The number of aryl methyl sites for hydroxylation is 1. The van der Waals surface area contributed by atoms with Gasteiger partial charge >= 0.3 is 6.18 Å². The van der Waals surface area contributed by atoms with Crippen LogP contribution < -0.4 is 5.73 Å². The third kappa shape index (κ3) is 2.54. The summed E-state index contributed by atoms with van der Waals surface area (Å²) in [4.78, 5) is 5.26. The molecule has 0 saturated heterocycles. The summed E-state index contributed by atoms with van der Waals surface area (Å²) >= 11 is 1.46. The normalized spacial score (nSPS) is 11.8. The van der Waals surface area contributed by atoms with Gasteiger partial charge in [-0.2, -0.15) is 13.2 Å². The average molecular weight is 272 g/mol. The van der Waals surface area contributed by atoms with E-state index in [0.29, 0.717) is 17.8 Å². The van der Waals surface area contributed by atoms with Crippen LogP contribution in [0.1, 0.15) is 15.4 Å². The second kappa shape index (κ2) is 4.70. The maximum absolute atomic E-state index is 12.4. The van der Waals surface area contributed by atoms with Crippen LogP contribution in [0.2, 0.25) is 0 Å². The van der Waals surface area contributed by atoms with Crippen molar-refractivity contribution in [1.82, 2.24) is 4.98 Å². The smallest absolute Gasteiger partial charge is 0.325 e. The number of hydrogen-bond acceptors (Lipinski definition) is 3. The third-order valence-electron chi connectivity index (χ3n) is 2.50. The predicted octanol–water partition coefficient (Wildman–Crippen LogP) is 3.60. The van der Waals surface area contributed by atoms with Crippen molar-refractivity contribution in [1.29, 1.82) is 0 Å². The minimum atomic E-state index is -4.31. The number of rotatable bonds is 2. The summed E-state index contributed by atoms with van der Waals surface area (Å²) in [6.45, 7) is 2.22. The molecule has 0 saturated carbocycles. The fraction of sp³-hybridized carbons (Fsp3) is 0.250. The Kier molecular flexibility index (Phi) is 3.41. The molecule has 2 N–H and O–H groups in total. The number of nitrogens with zero attached hydrogens (tertiary/aromatic N) is 1. The number of benzene rings is 1. The van der Waals surface area contributed by atoms with Gasteiger partial charge in [-0.1, -0.05) is 12.1 Å². The molecule has 0 spiro atoms. The van der Waals surface area contributed by atoms with E-state index in [1.54, 1.807) is 0 Å². The first kappa shape index (κ1) is 13.0. The predicted molar refractivity (Wildman–Crippen MR) is 65.2 cm³/mol. The first-order chi connectivity index (χ1) is 8.41. The van der Waals surface area contributed by atoms with E-state index in [-0.39, 0.29) is 0 Å². The lowest BCUT2D eigenvalue weighted by molar-refractivity contribution is -0.137. The Labute approximate surface area is 106 Å². The zero-order chi connectivity index (χ0) is 13.3. The average Bonchev–Trinajstić information content (AvgIpc) is 2.70. The Morgan fingerprint density at radius 1 is 1.22 bits per heavy atom. The summed E-state index contributed by atoms with van der Waals surface area (Å²) < 4.78 is 37.3. The van der Waals surface area contributed by atoms with Gasteiger partial charge in [0.2, 0.25) is 0 Å². The molecule has 0 atom stereocenters. The van der Waals surface area contributed by atoms with E-state index in [1.165, 1.54) is 23.5 Å². The van der Waals surface area contributed by atoms with Crippen LogP contribution in [-0.4, -0.2) is 4.98 Å². The molecule has 0 aliphatic heterocycles. The Morgan fingerprint density at radius 3 is 2.28 bits per heavy atom. The molecular weight excluding hydrogens is 261 g/mol. The zero-order valence-corrected chi connectivity index (χ0v) is 10.4. The molecule has 0 aliphatic carbocycles. The van der Waals surface area contributed by atoms with Crippen molar-refractivity contribution >= 4 is 11.3 Å². The van der Waals surface area contributed by atoms with Gasteiger partial charge in [0.1, 0.15) is 5.01 Å². The SMILES string of the molecule is Cc1sc(CN)nc1-c1ccc(C(F)(F)F)cc1. The van der Waals surface area contributed by atoms with Gasteiger partial charge in [0.25, 0.3) is 0 Å². The van der Waals surface area contributed by atoms with E-state index in [1.807, 2.05) is 6.92 Å². The first-order valence-corrected chi connectivity index (χ1v) is 6.07. The van der Waals surface area contributed by atoms with E-state index in [4.69, 9.17) is 5.73 Å². The highest BCUT2D eigenvalue weighted by Crippen LogP contribution is 2.32. The van der Waals surface area contributed by atoms with Crippen LogP contribution in [0.3, 0.4) is 0 Å². The van der Waals surface area contributed by atoms with Crippen molar-refractivity contribution in [2.75, 3.05) is 0 Å². The lowest BCUT2D eigenvalue weighted by Gasteiger charge is -2.06. The van der Waals surface area contributed by atoms with Crippen LogP contribution in [0, 0.1) is 6.92 Å². The van der Waals surface area contributed by atoms with Crippen molar-refractivity contribution in [3.63, 3.8) is 0 Å². The van der Waals surface area contributed by atoms with Gasteiger partial charge in [-0.15, -0.1) is 11.3 Å². The van der Waals surface area contributed by atoms with Crippen molar-refractivity contribution in [3.05, 3.63) is 39.7 Å². The van der Waals surface area contributed by atoms with E-state index in [2.05, 4.69) is 4.98 Å². The summed E-state index contributed by atoms with van der Waals surface area (Å²) in [5, 5.41) is 0.780. The monoisotopic (exact) mass is 272 g/mol. The molecule has 1 aromatic heterocycles. The van der Waals surface area contributed by atoms with Crippen LogP contribution in [0.25, 0.3) is 11.3 Å². The minimum absolute atomic E-state index is 0.339. The molecule has 0 aliphatic rings. The number of alkyl halides is 3. The second-order valence-corrected chi connectivity index (χ2v) is 5.08. The molecule has 0 radical (unpaired) electrons. The quantitative estimate of drug-likeness (QED) is 0.907. The summed E-state index contributed by atoms with van der Waals surface area (Å²) in [7, 11) is 0. The fourth-order valence-corrected chi connectivity index (χ4v) is 2.46. The summed E-state index contributed by atoms with van der Waals surface area (Å²) in [5.74, 6) is 0. The maximum atomic E-state index is 12.4. The molecule has 1 heterocycles. The molecule has 6 heteroatoms. The van der Waals surface area contributed by atoms with Crippen LogP contribution in [0.4, 0.5) is 13.2 Å². The maximum Gasteiger partial charge on any atom is 0.416 e. The lowest BCUT2D eigenvalue weighted by Crippen LogP contribution is -2.04. The largest absolute Gasteiger partial charge is 0.416 e. The molecule has 2 aromatic rings. The molecule has 0 bridgehead atoms. The highest BCUT2D eigenvalue weighted by molar-refractivity contribution is 7.12. The third-order valence-corrected chi connectivity index (χ3v) is 3.49. The van der Waals surface area contributed by atoms with E-state index >= 15 is 0 Å². The van der Waals surface area contributed by atoms with E-state index < -0.39 is 11.7 Å². The zero-order valence-electron chi connectivity index (χ0n) is 9.58. The van der Waals surface area contributed by atoms with Gasteiger partial charge < -0.3 is 5.73 Å². The number of thiazole rings is 1. The van der Waals surface area contributed by atoms with Gasteiger partial charge in [-0.3, -0.25) is 0 Å². The first-order valence-electron chi connectivity index (χ1n) is 5.26. The molecule has 2 rings (SSSR count). The molecular formula is C12H11F3N2S. The van der Waals surface area contributed by atoms with Gasteiger partial charge in [0, 0.05) is 17.0 Å². The second-order valence-electron chi connectivity index (χ2n) is 3.79. The van der Waals surface area contributed by atoms with Crippen LogP contribution in [-0.2, 0) is 12.7 Å². The summed E-state index contributed by atoms with van der Waals surface area (Å²) in [6, 6.07) is 5.00. The van der Waals surface area contributed by atoms with Crippen molar-refractivity contribution in [3.8, 4) is 11.3 Å². The summed E-state index contributed by atoms with van der Waals surface area (Å²) in [5.41, 5.74) is 6.22. The van der Waals surface area contributed by atoms with Gasteiger partial charge in [-0.25, -0.2) is 4.98 Å². The fourth-order valence-electron chi connectivity index (χ4n) is 1.62. The molecule has 0 unspecified atom stereocenters. The molecule has 96 valence electrons. The van der Waals surface area contributed by atoms with Crippen LogP contribution in [0.15, 0.2) is 24.3 Å². The Hall–Kier alpha value is -1.40. The Bertz CT molecular complexity index is 543. The molecule has 0 fully saturated rings. The minimum Gasteiger partial charge on any atom is -0.325 e.